The van der Waals surface area contributed by atoms with E-state index in [9.17, 15) is 4.39 Å². The summed E-state index contributed by atoms with van der Waals surface area (Å²) in [7, 11) is 1.90. The monoisotopic (exact) mass is 276 g/mol. The van der Waals surface area contributed by atoms with E-state index in [-0.39, 0.29) is 11.9 Å². The van der Waals surface area contributed by atoms with Gasteiger partial charge in [0.2, 0.25) is 0 Å². The number of nitrogens with one attached hydrogen (secondary N) is 1. The third-order valence-electron chi connectivity index (χ3n) is 3.54. The number of hydrazine groups is 1. The number of aryl methyl sites for hydroxylation is 3. The fourth-order valence-electron chi connectivity index (χ4n) is 2.32. The van der Waals surface area contributed by atoms with Crippen molar-refractivity contribution in [3.8, 4) is 0 Å². The van der Waals surface area contributed by atoms with Crippen LogP contribution in [0.5, 0.6) is 0 Å². The van der Waals surface area contributed by atoms with Gasteiger partial charge in [0.05, 0.1) is 11.7 Å². The molecule has 0 aliphatic carbocycles. The van der Waals surface area contributed by atoms with E-state index in [4.69, 9.17) is 5.84 Å². The van der Waals surface area contributed by atoms with E-state index in [0.717, 1.165) is 23.4 Å². The van der Waals surface area contributed by atoms with Gasteiger partial charge in [-0.2, -0.15) is 5.10 Å². The minimum absolute atomic E-state index is 0.231. The number of hydrogen-bond donors (Lipinski definition) is 2. The van der Waals surface area contributed by atoms with E-state index in [0.29, 0.717) is 12.0 Å². The third kappa shape index (κ3) is 3.05. The van der Waals surface area contributed by atoms with Crippen LogP contribution in [0, 0.1) is 12.7 Å². The molecule has 3 N–H and O–H groups in total. The smallest absolute Gasteiger partial charge is 0.128 e. The zero-order valence-electron chi connectivity index (χ0n) is 12.2. The maximum Gasteiger partial charge on any atom is 0.128 e. The first kappa shape index (κ1) is 14.7. The van der Waals surface area contributed by atoms with Gasteiger partial charge in [0.15, 0.2) is 0 Å². The summed E-state index contributed by atoms with van der Waals surface area (Å²) in [5.74, 6) is 5.37. The van der Waals surface area contributed by atoms with Gasteiger partial charge in [-0.1, -0.05) is 19.1 Å². The van der Waals surface area contributed by atoms with Crippen molar-refractivity contribution in [3.05, 3.63) is 52.6 Å². The Labute approximate surface area is 118 Å². The Hall–Kier alpha value is -1.72. The molecular formula is C15H21FN4. The number of rotatable bonds is 5. The highest BCUT2D eigenvalue weighted by atomic mass is 19.1. The van der Waals surface area contributed by atoms with Crippen molar-refractivity contribution in [2.75, 3.05) is 0 Å². The topological polar surface area (TPSA) is 55.9 Å². The molecule has 0 aliphatic rings. The molecule has 1 atom stereocenters. The van der Waals surface area contributed by atoms with E-state index >= 15 is 0 Å². The number of hydrogen-bond acceptors (Lipinski definition) is 3. The normalized spacial score (nSPS) is 12.7. The number of halogens is 1. The molecule has 0 aliphatic heterocycles. The molecule has 2 rings (SSSR count). The number of aromatic nitrogens is 2. The minimum Gasteiger partial charge on any atom is -0.272 e. The highest BCUT2D eigenvalue weighted by Crippen LogP contribution is 2.22. The predicted molar refractivity (Wildman–Crippen MR) is 77.5 cm³/mol. The van der Waals surface area contributed by atoms with Crippen LogP contribution in [0.3, 0.4) is 0 Å². The summed E-state index contributed by atoms with van der Waals surface area (Å²) < 4.78 is 15.9. The fraction of sp³-hybridized carbons (Fsp3) is 0.400. The molecule has 0 spiro atoms. The van der Waals surface area contributed by atoms with Gasteiger partial charge in [0.1, 0.15) is 5.82 Å². The van der Waals surface area contributed by atoms with E-state index in [1.54, 1.807) is 6.07 Å². The maximum absolute atomic E-state index is 14.0. The van der Waals surface area contributed by atoms with Crippen LogP contribution < -0.4 is 11.3 Å². The Bertz CT molecular complexity index is 592. The van der Waals surface area contributed by atoms with Crippen LogP contribution in [0.15, 0.2) is 24.3 Å². The molecule has 4 nitrogen and oxygen atoms in total. The van der Waals surface area contributed by atoms with Crippen molar-refractivity contribution in [2.24, 2.45) is 12.9 Å². The lowest BCUT2D eigenvalue weighted by Gasteiger charge is -2.17. The molecule has 20 heavy (non-hydrogen) atoms. The second kappa shape index (κ2) is 6.15. The summed E-state index contributed by atoms with van der Waals surface area (Å²) in [5.41, 5.74) is 6.24. The minimum atomic E-state index is -0.268. The lowest BCUT2D eigenvalue weighted by molar-refractivity contribution is 0.497. The van der Waals surface area contributed by atoms with Crippen LogP contribution in [0.1, 0.15) is 35.5 Å². The average Bonchev–Trinajstić information content (AvgIpc) is 2.77. The number of benzene rings is 1. The predicted octanol–water partition coefficient (Wildman–Crippen LogP) is 2.18. The van der Waals surface area contributed by atoms with Gasteiger partial charge in [0, 0.05) is 24.7 Å². The highest BCUT2D eigenvalue weighted by Gasteiger charge is 2.17. The average molecular weight is 276 g/mol. The molecule has 0 saturated heterocycles. The molecular weight excluding hydrogens is 255 g/mol. The lowest BCUT2D eigenvalue weighted by atomic mass is 10.0. The van der Waals surface area contributed by atoms with Crippen molar-refractivity contribution in [1.29, 1.82) is 0 Å². The fourth-order valence-corrected chi connectivity index (χ4v) is 2.32. The zero-order chi connectivity index (χ0) is 14.7. The molecule has 1 aromatic carbocycles. The summed E-state index contributed by atoms with van der Waals surface area (Å²) in [6.07, 6.45) is 1.48. The molecule has 108 valence electrons. The van der Waals surface area contributed by atoms with Gasteiger partial charge >= 0.3 is 0 Å². The van der Waals surface area contributed by atoms with Gasteiger partial charge < -0.3 is 0 Å². The molecule has 5 heteroatoms. The molecule has 0 radical (unpaired) electrons. The second-order valence-corrected chi connectivity index (χ2v) is 5.05. The van der Waals surface area contributed by atoms with Crippen LogP contribution in [0.2, 0.25) is 0 Å². The van der Waals surface area contributed by atoms with Gasteiger partial charge in [0.25, 0.3) is 0 Å². The Balaban J connectivity index is 2.26. The van der Waals surface area contributed by atoms with Crippen LogP contribution in [0.4, 0.5) is 4.39 Å². The Morgan fingerprint density at radius 1 is 1.40 bits per heavy atom. The SMILES string of the molecule is CCc1cc(CC(NN)c2ccc(C)cc2F)n(C)n1. The van der Waals surface area contributed by atoms with Gasteiger partial charge in [-0.15, -0.1) is 0 Å². The van der Waals surface area contributed by atoms with Crippen LogP contribution in [-0.2, 0) is 19.9 Å². The van der Waals surface area contributed by atoms with Crippen molar-refractivity contribution in [3.63, 3.8) is 0 Å². The van der Waals surface area contributed by atoms with Crippen molar-refractivity contribution >= 4 is 0 Å². The molecule has 0 amide bonds. The Kier molecular flexibility index (Phi) is 4.52. The molecule has 0 bridgehead atoms. The molecule has 1 unspecified atom stereocenters. The van der Waals surface area contributed by atoms with E-state index < -0.39 is 0 Å². The first-order valence-corrected chi connectivity index (χ1v) is 6.79. The van der Waals surface area contributed by atoms with Gasteiger partial charge in [-0.05, 0) is 31.0 Å². The lowest BCUT2D eigenvalue weighted by Crippen LogP contribution is -2.30. The van der Waals surface area contributed by atoms with Crippen molar-refractivity contribution in [1.82, 2.24) is 15.2 Å². The van der Waals surface area contributed by atoms with E-state index in [1.807, 2.05) is 30.8 Å². The summed E-state index contributed by atoms with van der Waals surface area (Å²) >= 11 is 0. The van der Waals surface area contributed by atoms with Crippen LogP contribution in [0.25, 0.3) is 0 Å². The van der Waals surface area contributed by atoms with Crippen molar-refractivity contribution < 1.29 is 4.39 Å². The molecule has 1 heterocycles. The van der Waals surface area contributed by atoms with Gasteiger partial charge in [-0.3, -0.25) is 16.0 Å². The highest BCUT2D eigenvalue weighted by molar-refractivity contribution is 5.27. The summed E-state index contributed by atoms with van der Waals surface area (Å²) in [5, 5.41) is 4.40. The Morgan fingerprint density at radius 3 is 2.70 bits per heavy atom. The summed E-state index contributed by atoms with van der Waals surface area (Å²) in [4.78, 5) is 0. The Morgan fingerprint density at radius 2 is 2.15 bits per heavy atom. The second-order valence-electron chi connectivity index (χ2n) is 5.05. The first-order valence-electron chi connectivity index (χ1n) is 6.79. The molecule has 0 fully saturated rings. The van der Waals surface area contributed by atoms with Crippen molar-refractivity contribution in [2.45, 2.75) is 32.7 Å². The largest absolute Gasteiger partial charge is 0.272 e. The zero-order valence-corrected chi connectivity index (χ0v) is 12.2. The van der Waals surface area contributed by atoms with Gasteiger partial charge in [-0.25, -0.2) is 4.39 Å². The van der Waals surface area contributed by atoms with E-state index in [1.165, 1.54) is 6.07 Å². The molecule has 1 aromatic heterocycles. The molecule has 0 saturated carbocycles. The molecule has 2 aromatic rings. The third-order valence-corrected chi connectivity index (χ3v) is 3.54. The van der Waals surface area contributed by atoms with Crippen LogP contribution in [-0.4, -0.2) is 9.78 Å². The standard InChI is InChI=1S/C15H21FN4/c1-4-11-8-12(20(3)19-11)9-15(18-17)13-6-5-10(2)7-14(13)16/h5-8,15,18H,4,9,17H2,1-3H3. The van der Waals surface area contributed by atoms with Crippen LogP contribution >= 0.6 is 0 Å². The maximum atomic E-state index is 14.0. The van der Waals surface area contributed by atoms with E-state index in [2.05, 4.69) is 17.4 Å². The number of nitrogens with two attached hydrogens (primary N) is 1. The summed E-state index contributed by atoms with van der Waals surface area (Å²) in [6.45, 7) is 3.93. The number of nitrogens with zero attached hydrogens (tertiary/aromatic N) is 2. The first-order chi connectivity index (χ1) is 9.55. The quantitative estimate of drug-likeness (QED) is 0.650. The summed E-state index contributed by atoms with van der Waals surface area (Å²) in [6, 6.07) is 6.97.